The van der Waals surface area contributed by atoms with Gasteiger partial charge in [-0.2, -0.15) is 5.10 Å². The van der Waals surface area contributed by atoms with Crippen LogP contribution in [0.25, 0.3) is 0 Å². The van der Waals surface area contributed by atoms with Crippen LogP contribution in [-0.4, -0.2) is 19.8 Å². The third kappa shape index (κ3) is 2.96. The molecule has 2 aromatic rings. The summed E-state index contributed by atoms with van der Waals surface area (Å²) >= 11 is 5.12. The fraction of sp³-hybridized carbons (Fsp3) is 0.357. The van der Waals surface area contributed by atoms with Crippen LogP contribution in [0.4, 0.5) is 11.5 Å². The first-order valence-electron chi connectivity index (χ1n) is 6.47. The summed E-state index contributed by atoms with van der Waals surface area (Å²) in [4.78, 5) is 4.83. The predicted octanol–water partition coefficient (Wildman–Crippen LogP) is 2.85. The van der Waals surface area contributed by atoms with Gasteiger partial charge in [0.05, 0.1) is 17.4 Å². The average Bonchev–Trinajstić information content (AvgIpc) is 2.75. The molecule has 0 atom stereocenters. The van der Waals surface area contributed by atoms with E-state index in [-0.39, 0.29) is 0 Å². The summed E-state index contributed by atoms with van der Waals surface area (Å²) in [5.41, 5.74) is 9.39. The largest absolute Gasteiger partial charge is 0.389 e. The van der Waals surface area contributed by atoms with Gasteiger partial charge in [-0.15, -0.1) is 0 Å². The molecule has 0 fully saturated rings. The normalized spacial score (nSPS) is 10.8. The molecule has 0 aliphatic heterocycles. The van der Waals surface area contributed by atoms with Gasteiger partial charge in [0.2, 0.25) is 0 Å². The molecule has 0 spiro atoms. The number of hydrogen-bond donors (Lipinski definition) is 2. The van der Waals surface area contributed by atoms with Crippen LogP contribution in [-0.2, 0) is 0 Å². The summed E-state index contributed by atoms with van der Waals surface area (Å²) in [6, 6.07) is 2.28. The Hall–Kier alpha value is -1.95. The van der Waals surface area contributed by atoms with Gasteiger partial charge in [-0.05, 0) is 39.3 Å². The minimum Gasteiger partial charge on any atom is -0.389 e. The van der Waals surface area contributed by atoms with Gasteiger partial charge in [-0.1, -0.05) is 12.2 Å². The van der Waals surface area contributed by atoms with Crippen molar-refractivity contribution < 1.29 is 0 Å². The minimum atomic E-state index is 0.313. The molecule has 5 nitrogen and oxygen atoms in total. The zero-order valence-electron chi connectivity index (χ0n) is 12.1. The topological polar surface area (TPSA) is 68.8 Å². The van der Waals surface area contributed by atoms with Crippen molar-refractivity contribution in [2.45, 2.75) is 33.7 Å². The predicted molar refractivity (Wildman–Crippen MR) is 85.5 cm³/mol. The van der Waals surface area contributed by atoms with Crippen molar-refractivity contribution in [3.63, 3.8) is 0 Å². The summed E-state index contributed by atoms with van der Waals surface area (Å²) in [6.07, 6.45) is 3.70. The smallest absolute Gasteiger partial charge is 0.141 e. The highest BCUT2D eigenvalue weighted by Crippen LogP contribution is 2.23. The van der Waals surface area contributed by atoms with Gasteiger partial charge in [0.25, 0.3) is 0 Å². The molecule has 0 aliphatic carbocycles. The van der Waals surface area contributed by atoms with Crippen LogP contribution < -0.4 is 11.1 Å². The van der Waals surface area contributed by atoms with Crippen LogP contribution >= 0.6 is 12.2 Å². The second-order valence-corrected chi connectivity index (χ2v) is 5.54. The molecule has 0 saturated carbocycles. The maximum atomic E-state index is 5.80. The number of rotatable bonds is 4. The van der Waals surface area contributed by atoms with Crippen LogP contribution in [0.2, 0.25) is 0 Å². The van der Waals surface area contributed by atoms with Crippen LogP contribution in [0.5, 0.6) is 0 Å². The summed E-state index contributed by atoms with van der Waals surface area (Å²) < 4.78 is 1.88. The van der Waals surface area contributed by atoms with Crippen molar-refractivity contribution in [3.05, 3.63) is 35.3 Å². The van der Waals surface area contributed by atoms with Crippen molar-refractivity contribution in [1.82, 2.24) is 14.8 Å². The molecule has 0 unspecified atom stereocenters. The number of aryl methyl sites for hydroxylation is 2. The van der Waals surface area contributed by atoms with E-state index >= 15 is 0 Å². The van der Waals surface area contributed by atoms with E-state index in [0.717, 1.165) is 22.5 Å². The SMILES string of the molecule is Cc1cc(C)c(C(N)=S)c(Nc2cnn(C(C)C)c2)n1. The van der Waals surface area contributed by atoms with Crippen molar-refractivity contribution in [3.8, 4) is 0 Å². The molecule has 3 N–H and O–H groups in total. The third-order valence-corrected chi connectivity index (χ3v) is 3.19. The minimum absolute atomic E-state index is 0.313. The first-order chi connectivity index (χ1) is 9.38. The van der Waals surface area contributed by atoms with Crippen molar-refractivity contribution in [1.29, 1.82) is 0 Å². The maximum Gasteiger partial charge on any atom is 0.141 e. The third-order valence-electron chi connectivity index (χ3n) is 2.98. The number of nitrogens with two attached hydrogens (primary N) is 1. The first-order valence-corrected chi connectivity index (χ1v) is 6.88. The van der Waals surface area contributed by atoms with E-state index in [1.54, 1.807) is 6.20 Å². The number of thiocarbonyl (C=S) groups is 1. The first kappa shape index (κ1) is 14.5. The lowest BCUT2D eigenvalue weighted by atomic mass is 10.1. The van der Waals surface area contributed by atoms with Crippen LogP contribution in [0.3, 0.4) is 0 Å². The second-order valence-electron chi connectivity index (χ2n) is 5.10. The number of nitrogens with zero attached hydrogens (tertiary/aromatic N) is 3. The number of anilines is 2. The fourth-order valence-corrected chi connectivity index (χ4v) is 2.32. The van der Waals surface area contributed by atoms with Crippen LogP contribution in [0.15, 0.2) is 18.5 Å². The quantitative estimate of drug-likeness (QED) is 0.847. The van der Waals surface area contributed by atoms with E-state index < -0.39 is 0 Å². The van der Waals surface area contributed by atoms with Crippen LogP contribution in [0, 0.1) is 13.8 Å². The Balaban J connectivity index is 2.39. The number of aromatic nitrogens is 3. The van der Waals surface area contributed by atoms with Crippen molar-refractivity contribution in [2.24, 2.45) is 5.73 Å². The summed E-state index contributed by atoms with van der Waals surface area (Å²) in [6.45, 7) is 8.07. The standard InChI is InChI=1S/C14H19N5S/c1-8(2)19-7-11(6-16-19)18-14-12(13(15)20)9(3)5-10(4)17-14/h5-8H,1-4H3,(H2,15,20)(H,17,18). The fourth-order valence-electron chi connectivity index (χ4n) is 2.06. The molecule has 0 amide bonds. The molecule has 6 heteroatoms. The second kappa shape index (κ2) is 5.58. The number of hydrogen-bond acceptors (Lipinski definition) is 4. The lowest BCUT2D eigenvalue weighted by Crippen LogP contribution is -2.15. The lowest BCUT2D eigenvalue weighted by molar-refractivity contribution is 0.532. The van der Waals surface area contributed by atoms with Crippen LogP contribution in [0.1, 0.15) is 36.7 Å². The Morgan fingerprint density at radius 1 is 1.40 bits per heavy atom. The highest BCUT2D eigenvalue weighted by molar-refractivity contribution is 7.80. The lowest BCUT2D eigenvalue weighted by Gasteiger charge is -2.12. The number of pyridine rings is 1. The van der Waals surface area contributed by atoms with Crippen molar-refractivity contribution in [2.75, 3.05) is 5.32 Å². The highest BCUT2D eigenvalue weighted by Gasteiger charge is 2.12. The van der Waals surface area contributed by atoms with Gasteiger partial charge in [0.1, 0.15) is 10.8 Å². The monoisotopic (exact) mass is 289 g/mol. The van der Waals surface area contributed by atoms with E-state index in [0.29, 0.717) is 16.8 Å². The Labute approximate surface area is 124 Å². The summed E-state index contributed by atoms with van der Waals surface area (Å²) in [5, 5.41) is 7.54. The number of nitrogens with one attached hydrogen (secondary N) is 1. The zero-order chi connectivity index (χ0) is 14.9. The Bertz CT molecular complexity index is 645. The molecule has 2 rings (SSSR count). The van der Waals surface area contributed by atoms with Gasteiger partial charge in [-0.3, -0.25) is 4.68 Å². The van der Waals surface area contributed by atoms with Gasteiger partial charge in [0, 0.05) is 17.9 Å². The molecule has 2 heterocycles. The molecule has 20 heavy (non-hydrogen) atoms. The Morgan fingerprint density at radius 2 is 2.10 bits per heavy atom. The van der Waals surface area contributed by atoms with E-state index in [1.165, 1.54) is 0 Å². The molecular weight excluding hydrogens is 270 g/mol. The van der Waals surface area contributed by atoms with Gasteiger partial charge in [0.15, 0.2) is 0 Å². The Kier molecular flexibility index (Phi) is 4.04. The summed E-state index contributed by atoms with van der Waals surface area (Å²) in [7, 11) is 0. The van der Waals surface area contributed by atoms with Gasteiger partial charge in [-0.25, -0.2) is 4.98 Å². The zero-order valence-corrected chi connectivity index (χ0v) is 13.0. The molecule has 0 bridgehead atoms. The highest BCUT2D eigenvalue weighted by atomic mass is 32.1. The van der Waals surface area contributed by atoms with Crippen molar-refractivity contribution >= 4 is 28.7 Å². The van der Waals surface area contributed by atoms with Gasteiger partial charge < -0.3 is 11.1 Å². The molecule has 0 saturated heterocycles. The van der Waals surface area contributed by atoms with E-state index in [4.69, 9.17) is 18.0 Å². The van der Waals surface area contributed by atoms with E-state index in [2.05, 4.69) is 29.2 Å². The summed E-state index contributed by atoms with van der Waals surface area (Å²) in [5.74, 6) is 0.679. The molecule has 2 aromatic heterocycles. The molecule has 0 radical (unpaired) electrons. The Morgan fingerprint density at radius 3 is 2.65 bits per heavy atom. The maximum absolute atomic E-state index is 5.80. The molecule has 0 aliphatic rings. The average molecular weight is 289 g/mol. The molecular formula is C14H19N5S. The molecule has 106 valence electrons. The molecule has 0 aromatic carbocycles. The van der Waals surface area contributed by atoms with E-state index in [9.17, 15) is 0 Å². The van der Waals surface area contributed by atoms with E-state index in [1.807, 2.05) is 30.8 Å². The van der Waals surface area contributed by atoms with Gasteiger partial charge >= 0.3 is 0 Å².